The number of nitrogens with zero attached hydrogens (tertiary/aromatic N) is 3. The largest absolute Gasteiger partial charge is 0.382 e. The predicted octanol–water partition coefficient (Wildman–Crippen LogP) is 3.95. The van der Waals surface area contributed by atoms with Gasteiger partial charge >= 0.3 is 0 Å². The Morgan fingerprint density at radius 2 is 1.79 bits per heavy atom. The van der Waals surface area contributed by atoms with Gasteiger partial charge in [-0.05, 0) is 38.6 Å². The maximum Gasteiger partial charge on any atom is 0.189 e. The van der Waals surface area contributed by atoms with E-state index in [9.17, 15) is 8.42 Å². The van der Waals surface area contributed by atoms with Crippen LogP contribution in [-0.2, 0) is 16.4 Å². The minimum atomic E-state index is -3.56. The first-order valence-corrected chi connectivity index (χ1v) is 11.9. The number of rotatable bonds is 7. The van der Waals surface area contributed by atoms with Crippen LogP contribution in [0.2, 0.25) is 0 Å². The maximum atomic E-state index is 12.5. The van der Waals surface area contributed by atoms with Crippen LogP contribution in [0, 0.1) is 0 Å². The predicted molar refractivity (Wildman–Crippen MR) is 128 cm³/mol. The Balaban J connectivity index is 1.67. The second-order valence-electron chi connectivity index (χ2n) is 7.83. The van der Waals surface area contributed by atoms with E-state index in [1.807, 2.05) is 31.3 Å². The van der Waals surface area contributed by atoms with E-state index in [4.69, 9.17) is 11.6 Å². The Kier molecular flexibility index (Phi) is 5.89. The van der Waals surface area contributed by atoms with Crippen LogP contribution in [0.25, 0.3) is 34.0 Å². The van der Waals surface area contributed by atoms with Crippen molar-refractivity contribution in [2.75, 3.05) is 12.8 Å². The van der Waals surface area contributed by atoms with E-state index in [2.05, 4.69) is 20.4 Å². The molecule has 8 nitrogen and oxygen atoms in total. The molecule has 2 aromatic heterocycles. The van der Waals surface area contributed by atoms with Crippen LogP contribution in [0.1, 0.15) is 20.8 Å². The Bertz CT molecular complexity index is 1430. The van der Waals surface area contributed by atoms with Gasteiger partial charge in [-0.15, -0.1) is 0 Å². The average molecular weight is 465 g/mol. The van der Waals surface area contributed by atoms with Crippen LogP contribution in [0.5, 0.6) is 0 Å². The molecule has 33 heavy (non-hydrogen) atoms. The van der Waals surface area contributed by atoms with Crippen LogP contribution < -0.4 is 11.1 Å². The second-order valence-corrected chi connectivity index (χ2v) is 10.3. The quantitative estimate of drug-likeness (QED) is 0.421. The van der Waals surface area contributed by atoms with E-state index in [0.717, 1.165) is 17.7 Å². The van der Waals surface area contributed by atoms with Gasteiger partial charge < -0.3 is 15.6 Å². The minimum absolute atomic E-state index is 0.0181. The average Bonchev–Trinajstić information content (AvgIpc) is 3.30. The SMILES string of the molecule is [2H]c1cc(-c2cnc(N)c(-c3cc(-c4ccc(CNC)cc4)no3)n2)ccc1S(=O)(=O)C(C)C. The van der Waals surface area contributed by atoms with Gasteiger partial charge in [0.25, 0.3) is 0 Å². The molecule has 0 saturated heterocycles. The summed E-state index contributed by atoms with van der Waals surface area (Å²) >= 11 is 0. The van der Waals surface area contributed by atoms with Crippen molar-refractivity contribution in [2.24, 2.45) is 0 Å². The van der Waals surface area contributed by atoms with Crippen molar-refractivity contribution >= 4 is 15.7 Å². The fraction of sp³-hybridized carbons (Fsp3) is 0.208. The molecule has 0 bridgehead atoms. The Labute approximate surface area is 194 Å². The van der Waals surface area contributed by atoms with Crippen LogP contribution in [-0.4, -0.2) is 35.8 Å². The molecular formula is C24H25N5O3S. The summed E-state index contributed by atoms with van der Waals surface area (Å²) in [6.07, 6.45) is 1.47. The molecule has 2 aromatic carbocycles. The lowest BCUT2D eigenvalue weighted by Gasteiger charge is -2.09. The normalized spacial score (nSPS) is 12.2. The molecule has 0 aliphatic heterocycles. The van der Waals surface area contributed by atoms with E-state index in [-0.39, 0.29) is 16.8 Å². The molecule has 0 fully saturated rings. The molecule has 9 heteroatoms. The highest BCUT2D eigenvalue weighted by Crippen LogP contribution is 2.30. The van der Waals surface area contributed by atoms with Crippen molar-refractivity contribution in [2.45, 2.75) is 30.5 Å². The maximum absolute atomic E-state index is 12.5. The van der Waals surface area contributed by atoms with Crippen LogP contribution in [0.15, 0.2) is 70.2 Å². The first-order valence-electron chi connectivity index (χ1n) is 10.9. The molecule has 0 amide bonds. The van der Waals surface area contributed by atoms with E-state index < -0.39 is 15.1 Å². The van der Waals surface area contributed by atoms with Crippen LogP contribution >= 0.6 is 0 Å². The molecule has 0 spiro atoms. The summed E-state index contributed by atoms with van der Waals surface area (Å²) in [4.78, 5) is 8.76. The number of aromatic nitrogens is 3. The van der Waals surface area contributed by atoms with E-state index >= 15 is 0 Å². The Hall–Kier alpha value is -3.56. The molecule has 0 saturated carbocycles. The summed E-state index contributed by atoms with van der Waals surface area (Å²) in [7, 11) is -1.67. The number of hydrogen-bond acceptors (Lipinski definition) is 8. The summed E-state index contributed by atoms with van der Waals surface area (Å²) in [5.74, 6) is 0.521. The van der Waals surface area contributed by atoms with Gasteiger partial charge in [0.1, 0.15) is 5.69 Å². The number of benzene rings is 2. The van der Waals surface area contributed by atoms with Crippen molar-refractivity contribution in [1.82, 2.24) is 20.4 Å². The van der Waals surface area contributed by atoms with Gasteiger partial charge in [-0.2, -0.15) is 0 Å². The lowest BCUT2D eigenvalue weighted by molar-refractivity contribution is 0.434. The van der Waals surface area contributed by atoms with Gasteiger partial charge in [0.2, 0.25) is 0 Å². The third-order valence-corrected chi connectivity index (χ3v) is 7.29. The van der Waals surface area contributed by atoms with Gasteiger partial charge in [0.15, 0.2) is 27.1 Å². The highest BCUT2D eigenvalue weighted by atomic mass is 32.2. The topological polar surface area (TPSA) is 124 Å². The zero-order valence-electron chi connectivity index (χ0n) is 19.5. The fourth-order valence-electron chi connectivity index (χ4n) is 3.24. The fourth-order valence-corrected chi connectivity index (χ4v) is 4.23. The van der Waals surface area contributed by atoms with Crippen LogP contribution in [0.4, 0.5) is 5.82 Å². The Morgan fingerprint density at radius 3 is 2.45 bits per heavy atom. The van der Waals surface area contributed by atoms with Crippen molar-refractivity contribution in [1.29, 1.82) is 0 Å². The molecule has 170 valence electrons. The zero-order chi connectivity index (χ0) is 24.5. The van der Waals surface area contributed by atoms with Crippen molar-refractivity contribution in [3.8, 4) is 34.0 Å². The van der Waals surface area contributed by atoms with Gasteiger partial charge in [-0.3, -0.25) is 0 Å². The second kappa shape index (κ2) is 9.13. The number of nitrogen functional groups attached to an aromatic ring is 1. The molecular weight excluding hydrogens is 438 g/mol. The summed E-state index contributed by atoms with van der Waals surface area (Å²) in [6, 6.07) is 14.1. The van der Waals surface area contributed by atoms with Gasteiger partial charge in [0, 0.05) is 23.7 Å². The molecule has 4 rings (SSSR count). The summed E-state index contributed by atoms with van der Waals surface area (Å²) < 4.78 is 38.7. The zero-order valence-corrected chi connectivity index (χ0v) is 19.3. The van der Waals surface area contributed by atoms with Gasteiger partial charge in [0.05, 0.1) is 23.4 Å². The van der Waals surface area contributed by atoms with Gasteiger partial charge in [-0.1, -0.05) is 41.6 Å². The van der Waals surface area contributed by atoms with Crippen molar-refractivity contribution in [3.63, 3.8) is 0 Å². The minimum Gasteiger partial charge on any atom is -0.382 e. The Morgan fingerprint density at radius 1 is 1.09 bits per heavy atom. The third kappa shape index (κ3) is 4.64. The standard InChI is InChI=1S/C24H25N5O3S/c1-15(2)33(30,31)19-10-8-18(9-11-19)21-14-27-24(25)23(28-21)22-12-20(29-32-22)17-6-4-16(5-7-17)13-26-3/h4-12,14-15,26H,13H2,1-3H3,(H2,25,27)/i10D. The number of anilines is 1. The highest BCUT2D eigenvalue weighted by Gasteiger charge is 2.20. The summed E-state index contributed by atoms with van der Waals surface area (Å²) in [6.45, 7) is 3.94. The monoisotopic (exact) mass is 464 g/mol. The molecule has 0 atom stereocenters. The number of nitrogens with one attached hydrogen (secondary N) is 1. The van der Waals surface area contributed by atoms with Gasteiger partial charge in [-0.25, -0.2) is 18.4 Å². The molecule has 0 aliphatic rings. The van der Waals surface area contributed by atoms with E-state index in [1.165, 1.54) is 18.3 Å². The lowest BCUT2D eigenvalue weighted by atomic mass is 10.1. The number of hydrogen-bond donors (Lipinski definition) is 2. The molecule has 2 heterocycles. The molecule has 4 aromatic rings. The smallest absolute Gasteiger partial charge is 0.189 e. The molecule has 3 N–H and O–H groups in total. The first kappa shape index (κ1) is 21.3. The molecule has 0 radical (unpaired) electrons. The van der Waals surface area contributed by atoms with E-state index in [0.29, 0.717) is 28.4 Å². The number of nitrogens with two attached hydrogens (primary N) is 1. The third-order valence-electron chi connectivity index (χ3n) is 5.18. The number of sulfone groups is 1. The molecule has 0 unspecified atom stereocenters. The highest BCUT2D eigenvalue weighted by molar-refractivity contribution is 7.92. The first-order chi connectivity index (χ1) is 16.2. The van der Waals surface area contributed by atoms with Crippen LogP contribution in [0.3, 0.4) is 0 Å². The van der Waals surface area contributed by atoms with Crippen molar-refractivity contribution in [3.05, 3.63) is 66.3 Å². The summed E-state index contributed by atoms with van der Waals surface area (Å²) in [5, 5.41) is 6.63. The van der Waals surface area contributed by atoms with Crippen molar-refractivity contribution < 1.29 is 14.3 Å². The molecule has 0 aliphatic carbocycles. The lowest BCUT2D eigenvalue weighted by Crippen LogP contribution is -2.13. The summed E-state index contributed by atoms with van der Waals surface area (Å²) in [5.41, 5.74) is 10.0. The van der Waals surface area contributed by atoms with E-state index in [1.54, 1.807) is 26.0 Å².